The van der Waals surface area contributed by atoms with Gasteiger partial charge in [0.25, 0.3) is 5.91 Å². The van der Waals surface area contributed by atoms with E-state index in [1.807, 2.05) is 0 Å². The van der Waals surface area contributed by atoms with Crippen molar-refractivity contribution in [1.29, 1.82) is 0 Å². The molecule has 2 aromatic heterocycles. The molecular weight excluding hydrogens is 341 g/mol. The number of carbonyl (C=O) groups is 1. The van der Waals surface area contributed by atoms with Crippen LogP contribution in [0.2, 0.25) is 0 Å². The Labute approximate surface area is 141 Å². The first kappa shape index (κ1) is 18.4. The monoisotopic (exact) mass is 356 g/mol. The summed E-state index contributed by atoms with van der Waals surface area (Å²) in [5.74, 6) is -0.0249. The lowest BCUT2D eigenvalue weighted by Gasteiger charge is -2.12. The number of anilines is 1. The standard InChI is InChI=1S/C14H15F3N6O2/c1-23(2)12-20-10(21-13(22-12)25-3)7-19-11(24)8-4-5-9(18-6-8)14(15,16)17/h4-6H,7H2,1-3H3,(H,19,24). The molecule has 2 heterocycles. The van der Waals surface area contributed by atoms with Crippen LogP contribution in [0.4, 0.5) is 19.1 Å². The van der Waals surface area contributed by atoms with Gasteiger partial charge in [0.15, 0.2) is 5.82 Å². The second-order valence-electron chi connectivity index (χ2n) is 5.05. The molecule has 0 fully saturated rings. The van der Waals surface area contributed by atoms with Crippen molar-refractivity contribution in [3.8, 4) is 6.01 Å². The minimum Gasteiger partial charge on any atom is -0.467 e. The van der Waals surface area contributed by atoms with E-state index in [2.05, 4.69) is 25.3 Å². The van der Waals surface area contributed by atoms with E-state index in [0.29, 0.717) is 5.95 Å². The second-order valence-corrected chi connectivity index (χ2v) is 5.05. The quantitative estimate of drug-likeness (QED) is 0.863. The van der Waals surface area contributed by atoms with Crippen molar-refractivity contribution in [3.63, 3.8) is 0 Å². The molecule has 0 radical (unpaired) electrons. The topological polar surface area (TPSA) is 93.1 Å². The summed E-state index contributed by atoms with van der Waals surface area (Å²) in [6, 6.07) is 1.87. The molecular formula is C14H15F3N6O2. The number of pyridine rings is 1. The Balaban J connectivity index is 2.08. The van der Waals surface area contributed by atoms with Crippen molar-refractivity contribution in [3.05, 3.63) is 35.4 Å². The molecule has 0 atom stereocenters. The van der Waals surface area contributed by atoms with Crippen LogP contribution in [0.3, 0.4) is 0 Å². The Morgan fingerprint density at radius 2 is 1.96 bits per heavy atom. The minimum absolute atomic E-state index is 0.0122. The minimum atomic E-state index is -4.56. The molecule has 0 saturated carbocycles. The lowest BCUT2D eigenvalue weighted by atomic mass is 10.2. The van der Waals surface area contributed by atoms with Crippen LogP contribution >= 0.6 is 0 Å². The molecule has 0 aliphatic heterocycles. The third-order valence-electron chi connectivity index (χ3n) is 2.96. The van der Waals surface area contributed by atoms with Gasteiger partial charge in [-0.1, -0.05) is 0 Å². The van der Waals surface area contributed by atoms with E-state index in [-0.39, 0.29) is 23.9 Å². The molecule has 0 saturated heterocycles. The highest BCUT2D eigenvalue weighted by Gasteiger charge is 2.32. The van der Waals surface area contributed by atoms with Gasteiger partial charge in [-0.3, -0.25) is 9.78 Å². The number of rotatable bonds is 5. The van der Waals surface area contributed by atoms with Gasteiger partial charge in [-0.15, -0.1) is 0 Å². The lowest BCUT2D eigenvalue weighted by Crippen LogP contribution is -2.25. The zero-order valence-corrected chi connectivity index (χ0v) is 13.6. The Morgan fingerprint density at radius 3 is 2.48 bits per heavy atom. The van der Waals surface area contributed by atoms with Crippen LogP contribution < -0.4 is 15.0 Å². The number of nitrogens with one attached hydrogen (secondary N) is 1. The van der Waals surface area contributed by atoms with Gasteiger partial charge in [0.1, 0.15) is 5.69 Å². The first-order chi connectivity index (χ1) is 11.7. The predicted molar refractivity (Wildman–Crippen MR) is 81.1 cm³/mol. The van der Waals surface area contributed by atoms with Crippen LogP contribution in [0.1, 0.15) is 21.9 Å². The van der Waals surface area contributed by atoms with E-state index in [1.165, 1.54) is 7.11 Å². The molecule has 0 spiro atoms. The third-order valence-corrected chi connectivity index (χ3v) is 2.96. The molecule has 8 nitrogen and oxygen atoms in total. The second kappa shape index (κ2) is 7.28. The highest BCUT2D eigenvalue weighted by atomic mass is 19.4. The number of alkyl halides is 3. The van der Waals surface area contributed by atoms with Crippen molar-refractivity contribution in [2.75, 3.05) is 26.1 Å². The number of amides is 1. The van der Waals surface area contributed by atoms with Crippen LogP contribution in [0.25, 0.3) is 0 Å². The fraction of sp³-hybridized carbons (Fsp3) is 0.357. The number of hydrogen-bond donors (Lipinski definition) is 1. The van der Waals surface area contributed by atoms with Crippen LogP contribution in [0.5, 0.6) is 6.01 Å². The fourth-order valence-electron chi connectivity index (χ4n) is 1.71. The first-order valence-corrected chi connectivity index (χ1v) is 6.98. The van der Waals surface area contributed by atoms with Crippen LogP contribution in [-0.2, 0) is 12.7 Å². The summed E-state index contributed by atoms with van der Waals surface area (Å²) in [5.41, 5.74) is -1.08. The Hall–Kier alpha value is -2.98. The summed E-state index contributed by atoms with van der Waals surface area (Å²) in [7, 11) is 4.85. The highest BCUT2D eigenvalue weighted by Crippen LogP contribution is 2.27. The Morgan fingerprint density at radius 1 is 1.24 bits per heavy atom. The number of ether oxygens (including phenoxy) is 1. The normalized spacial score (nSPS) is 11.1. The van der Waals surface area contributed by atoms with Crippen LogP contribution in [0.15, 0.2) is 18.3 Å². The molecule has 2 aromatic rings. The number of methoxy groups -OCH3 is 1. The van der Waals surface area contributed by atoms with Gasteiger partial charge in [-0.2, -0.15) is 28.1 Å². The Kier molecular flexibility index (Phi) is 5.35. The van der Waals surface area contributed by atoms with Crippen LogP contribution in [0, 0.1) is 0 Å². The molecule has 0 aromatic carbocycles. The number of nitrogens with zero attached hydrogens (tertiary/aromatic N) is 5. The largest absolute Gasteiger partial charge is 0.467 e. The zero-order chi connectivity index (χ0) is 18.6. The van der Waals surface area contributed by atoms with Gasteiger partial charge >= 0.3 is 12.2 Å². The summed E-state index contributed by atoms with van der Waals surface area (Å²) >= 11 is 0. The van der Waals surface area contributed by atoms with E-state index < -0.39 is 17.8 Å². The summed E-state index contributed by atoms with van der Waals surface area (Å²) in [6.45, 7) is -0.0560. The SMILES string of the molecule is COc1nc(CNC(=O)c2ccc(C(F)(F)F)nc2)nc(N(C)C)n1. The summed E-state index contributed by atoms with van der Waals surface area (Å²) in [5, 5.41) is 2.50. The molecule has 0 aliphatic rings. The fourth-order valence-corrected chi connectivity index (χ4v) is 1.71. The lowest BCUT2D eigenvalue weighted by molar-refractivity contribution is -0.141. The van der Waals surface area contributed by atoms with Gasteiger partial charge in [-0.05, 0) is 12.1 Å². The molecule has 134 valence electrons. The molecule has 25 heavy (non-hydrogen) atoms. The molecule has 11 heteroatoms. The molecule has 0 bridgehead atoms. The van der Waals surface area contributed by atoms with Crippen molar-refractivity contribution in [2.45, 2.75) is 12.7 Å². The van der Waals surface area contributed by atoms with E-state index in [4.69, 9.17) is 4.74 Å². The van der Waals surface area contributed by atoms with Crippen molar-refractivity contribution >= 4 is 11.9 Å². The summed E-state index contributed by atoms with van der Waals surface area (Å²) < 4.78 is 42.4. The van der Waals surface area contributed by atoms with E-state index in [0.717, 1.165) is 18.3 Å². The third kappa shape index (κ3) is 4.75. The van der Waals surface area contributed by atoms with Gasteiger partial charge in [0.05, 0.1) is 19.2 Å². The number of hydrogen-bond acceptors (Lipinski definition) is 7. The van der Waals surface area contributed by atoms with Gasteiger partial charge < -0.3 is 15.0 Å². The molecule has 1 N–H and O–H groups in total. The van der Waals surface area contributed by atoms with E-state index >= 15 is 0 Å². The van der Waals surface area contributed by atoms with E-state index in [1.54, 1.807) is 19.0 Å². The number of halogens is 3. The molecule has 0 aliphatic carbocycles. The average molecular weight is 356 g/mol. The Bertz CT molecular complexity index is 749. The zero-order valence-electron chi connectivity index (χ0n) is 13.6. The van der Waals surface area contributed by atoms with Gasteiger partial charge in [0, 0.05) is 20.3 Å². The first-order valence-electron chi connectivity index (χ1n) is 6.98. The maximum absolute atomic E-state index is 12.5. The number of carbonyl (C=O) groups excluding carboxylic acids is 1. The van der Waals surface area contributed by atoms with Crippen LogP contribution in [-0.4, -0.2) is 47.0 Å². The van der Waals surface area contributed by atoms with Gasteiger partial charge in [0.2, 0.25) is 5.95 Å². The maximum atomic E-state index is 12.5. The smallest absolute Gasteiger partial charge is 0.433 e. The molecule has 1 amide bonds. The van der Waals surface area contributed by atoms with Crippen molar-refractivity contribution in [2.24, 2.45) is 0 Å². The summed E-state index contributed by atoms with van der Waals surface area (Å²) in [4.78, 5) is 29.0. The summed E-state index contributed by atoms with van der Waals surface area (Å²) in [6.07, 6.45) is -3.70. The van der Waals surface area contributed by atoms with Crippen molar-refractivity contribution in [1.82, 2.24) is 25.3 Å². The maximum Gasteiger partial charge on any atom is 0.433 e. The predicted octanol–water partition coefficient (Wildman–Crippen LogP) is 1.29. The molecule has 0 unspecified atom stereocenters. The highest BCUT2D eigenvalue weighted by molar-refractivity contribution is 5.93. The molecule has 2 rings (SSSR count). The number of aromatic nitrogens is 4. The van der Waals surface area contributed by atoms with Gasteiger partial charge in [-0.25, -0.2) is 0 Å². The van der Waals surface area contributed by atoms with Crippen molar-refractivity contribution < 1.29 is 22.7 Å². The van der Waals surface area contributed by atoms with E-state index in [9.17, 15) is 18.0 Å². The average Bonchev–Trinajstić information content (AvgIpc) is 2.58.